The van der Waals surface area contributed by atoms with Gasteiger partial charge in [0.2, 0.25) is 5.90 Å². The van der Waals surface area contributed by atoms with Crippen molar-refractivity contribution in [3.8, 4) is 0 Å². The summed E-state index contributed by atoms with van der Waals surface area (Å²) in [4.78, 5) is 24.9. The Morgan fingerprint density at radius 2 is 1.92 bits per heavy atom. The van der Waals surface area contributed by atoms with Crippen LogP contribution in [0.5, 0.6) is 0 Å². The zero-order valence-electron chi connectivity index (χ0n) is 20.5. The molecule has 0 bridgehead atoms. The van der Waals surface area contributed by atoms with Crippen molar-refractivity contribution in [3.05, 3.63) is 82.7 Å². The molecule has 2 heterocycles. The van der Waals surface area contributed by atoms with Crippen molar-refractivity contribution >= 4 is 51.6 Å². The summed E-state index contributed by atoms with van der Waals surface area (Å²) in [6.07, 6.45) is 9.63. The van der Waals surface area contributed by atoms with E-state index < -0.39 is 0 Å². The van der Waals surface area contributed by atoms with Gasteiger partial charge in [0.15, 0.2) is 5.90 Å². The molecule has 0 radical (unpaired) electrons. The maximum Gasteiger partial charge on any atom is 0.267 e. The van der Waals surface area contributed by atoms with Gasteiger partial charge in [-0.3, -0.25) is 20.2 Å². The fourth-order valence-electron chi connectivity index (χ4n) is 3.48. The fraction of sp³-hybridized carbons (Fsp3) is 0.231. The number of nitrogen functional groups attached to an aromatic ring is 2. The molecule has 11 heteroatoms. The third-order valence-electron chi connectivity index (χ3n) is 5.44. The molecule has 1 aromatic carbocycles. The van der Waals surface area contributed by atoms with Crippen molar-refractivity contribution in [3.63, 3.8) is 0 Å². The van der Waals surface area contributed by atoms with Crippen LogP contribution in [0, 0.1) is 16.7 Å². The van der Waals surface area contributed by atoms with Crippen molar-refractivity contribution in [2.45, 2.75) is 32.6 Å². The van der Waals surface area contributed by atoms with Crippen LogP contribution < -0.4 is 17.0 Å². The number of allylic oxidation sites excluding steroid dienone is 4. The van der Waals surface area contributed by atoms with Gasteiger partial charge in [-0.05, 0) is 43.5 Å². The zero-order valence-corrected chi connectivity index (χ0v) is 21.3. The summed E-state index contributed by atoms with van der Waals surface area (Å²) in [6.45, 7) is 9.48. The largest absolute Gasteiger partial charge is 0.425 e. The molecule has 1 aliphatic rings. The predicted molar refractivity (Wildman–Crippen MR) is 149 cm³/mol. The Bertz CT molecular complexity index is 1440. The van der Waals surface area contributed by atoms with Gasteiger partial charge < -0.3 is 16.2 Å². The topological polar surface area (TPSA) is 170 Å². The number of benzene rings is 1. The van der Waals surface area contributed by atoms with Crippen LogP contribution in [-0.4, -0.2) is 31.3 Å². The van der Waals surface area contributed by atoms with Crippen LogP contribution in [0.2, 0.25) is 5.02 Å². The molecule has 0 saturated heterocycles. The van der Waals surface area contributed by atoms with Gasteiger partial charge in [-0.25, -0.2) is 15.0 Å². The first kappa shape index (κ1) is 27.3. The summed E-state index contributed by atoms with van der Waals surface area (Å²) < 4.78 is 6.61. The molecular formula is C26H29ClN8O2. The summed E-state index contributed by atoms with van der Waals surface area (Å²) in [5.41, 5.74) is 12.4. The van der Waals surface area contributed by atoms with Crippen LogP contribution in [0.25, 0.3) is 16.6 Å². The molecule has 10 nitrogen and oxygen atoms in total. The lowest BCUT2D eigenvalue weighted by Gasteiger charge is -2.14. The van der Waals surface area contributed by atoms with Gasteiger partial charge in [-0.2, -0.15) is 0 Å². The number of aromatic nitrogens is 4. The van der Waals surface area contributed by atoms with Crippen molar-refractivity contribution < 1.29 is 4.74 Å². The molecule has 6 N–H and O–H groups in total. The van der Waals surface area contributed by atoms with E-state index in [4.69, 9.17) is 38.6 Å². The second-order valence-corrected chi connectivity index (χ2v) is 8.58. The number of halogens is 1. The van der Waals surface area contributed by atoms with Crippen LogP contribution in [0.15, 0.2) is 60.7 Å². The van der Waals surface area contributed by atoms with Crippen molar-refractivity contribution in [2.24, 2.45) is 5.92 Å². The highest BCUT2D eigenvalue weighted by Crippen LogP contribution is 2.31. The Morgan fingerprint density at radius 1 is 1.24 bits per heavy atom. The number of anilines is 2. The summed E-state index contributed by atoms with van der Waals surface area (Å²) in [5.74, 6) is 0.806. The van der Waals surface area contributed by atoms with E-state index in [-0.39, 0.29) is 40.5 Å². The molecule has 37 heavy (non-hydrogen) atoms. The average molecular weight is 521 g/mol. The lowest BCUT2D eigenvalue weighted by atomic mass is 10.2. The van der Waals surface area contributed by atoms with E-state index in [1.54, 1.807) is 41.0 Å². The molecule has 4 rings (SSSR count). The van der Waals surface area contributed by atoms with Crippen molar-refractivity contribution in [2.75, 3.05) is 11.5 Å². The fourth-order valence-corrected chi connectivity index (χ4v) is 3.73. The highest BCUT2D eigenvalue weighted by Gasteiger charge is 2.30. The van der Waals surface area contributed by atoms with Gasteiger partial charge in [0, 0.05) is 18.0 Å². The first-order valence-electron chi connectivity index (χ1n) is 11.6. The number of aryl methyl sites for hydroxylation is 1. The quantitative estimate of drug-likeness (QED) is 0.200. The second kappa shape index (κ2) is 12.1. The Hall–Kier alpha value is -4.31. The maximum atomic E-state index is 12.8. The first-order valence-corrected chi connectivity index (χ1v) is 12.0. The van der Waals surface area contributed by atoms with E-state index in [0.29, 0.717) is 33.9 Å². The smallest absolute Gasteiger partial charge is 0.267 e. The van der Waals surface area contributed by atoms with Gasteiger partial charge in [-0.1, -0.05) is 43.8 Å². The Morgan fingerprint density at radius 3 is 2.49 bits per heavy atom. The van der Waals surface area contributed by atoms with E-state index in [2.05, 4.69) is 28.1 Å². The third kappa shape index (κ3) is 6.28. The second-order valence-electron chi connectivity index (χ2n) is 8.17. The van der Waals surface area contributed by atoms with Crippen molar-refractivity contribution in [1.82, 2.24) is 19.5 Å². The number of rotatable bonds is 7. The molecule has 0 spiro atoms. The SMILES string of the molecule is C=C/C=C(\C=C)n1c(CCC)nc2cccc(Cl)c2c1=O.N=C(OC(=N)C1CC1)c1c(N)ncnc1N. The molecule has 192 valence electrons. The van der Waals surface area contributed by atoms with E-state index in [0.717, 1.165) is 19.3 Å². The molecule has 0 unspecified atom stereocenters. The molecule has 3 aromatic rings. The molecule has 1 fully saturated rings. The minimum absolute atomic E-state index is 0.0765. The lowest BCUT2D eigenvalue weighted by Crippen LogP contribution is -2.24. The van der Waals surface area contributed by atoms with Crippen LogP contribution in [0.3, 0.4) is 0 Å². The Balaban J connectivity index is 0.000000213. The Kier molecular flexibility index (Phi) is 8.91. The lowest BCUT2D eigenvalue weighted by molar-refractivity contribution is 0.512. The van der Waals surface area contributed by atoms with Gasteiger partial charge in [-0.15, -0.1) is 0 Å². The van der Waals surface area contributed by atoms with Crippen LogP contribution in [0.4, 0.5) is 11.6 Å². The summed E-state index contributed by atoms with van der Waals surface area (Å²) in [6, 6.07) is 5.30. The number of nitrogens with zero attached hydrogens (tertiary/aromatic N) is 4. The molecule has 0 aliphatic heterocycles. The summed E-state index contributed by atoms with van der Waals surface area (Å²) in [5, 5.41) is 16.0. The Labute approximate surface area is 219 Å². The molecule has 0 atom stereocenters. The average Bonchev–Trinajstić information content (AvgIpc) is 3.69. The summed E-state index contributed by atoms with van der Waals surface area (Å²) in [7, 11) is 0. The highest BCUT2D eigenvalue weighted by atomic mass is 35.5. The minimum atomic E-state index is -0.271. The number of fused-ring (bicyclic) bond motifs is 1. The number of nitrogens with two attached hydrogens (primary N) is 2. The number of hydrogen-bond donors (Lipinski definition) is 4. The number of ether oxygens (including phenoxy) is 1. The molecule has 1 saturated carbocycles. The maximum absolute atomic E-state index is 12.8. The van der Waals surface area contributed by atoms with Crippen LogP contribution in [-0.2, 0) is 11.2 Å². The number of hydrogen-bond acceptors (Lipinski definition) is 9. The van der Waals surface area contributed by atoms with E-state index in [1.807, 2.05) is 6.92 Å². The van der Waals surface area contributed by atoms with E-state index >= 15 is 0 Å². The van der Waals surface area contributed by atoms with Gasteiger partial charge >= 0.3 is 0 Å². The van der Waals surface area contributed by atoms with Gasteiger partial charge in [0.05, 0.1) is 15.9 Å². The van der Waals surface area contributed by atoms with E-state index in [1.165, 1.54) is 6.33 Å². The van der Waals surface area contributed by atoms with Gasteiger partial charge in [0.1, 0.15) is 29.4 Å². The predicted octanol–water partition coefficient (Wildman–Crippen LogP) is 4.59. The highest BCUT2D eigenvalue weighted by molar-refractivity contribution is 6.35. The van der Waals surface area contributed by atoms with Crippen LogP contribution >= 0.6 is 11.6 Å². The first-order chi connectivity index (χ1) is 17.7. The zero-order chi connectivity index (χ0) is 27.1. The standard InChI is InChI=1S/C17H17ClN2O.C9H12N6O/c1-4-8-12(6-3)20-15(9-5-2)19-14-11-7-10-13(18)16(14)17(20)21;10-6-5(7(11)15-3-14-6)9(13)16-8(12)4-1-2-4/h4,6-8,10-11H,1,3,5,9H2,2H3;3-4,12-13H,1-2H2,(H4,10,11,14,15)/b12-8+;. The molecular weight excluding hydrogens is 492 g/mol. The third-order valence-corrected chi connectivity index (χ3v) is 5.75. The van der Waals surface area contributed by atoms with E-state index in [9.17, 15) is 4.79 Å². The number of nitrogens with one attached hydrogen (secondary N) is 2. The minimum Gasteiger partial charge on any atom is -0.425 e. The normalized spacial score (nSPS) is 12.9. The molecule has 2 aromatic heterocycles. The monoisotopic (exact) mass is 520 g/mol. The van der Waals surface area contributed by atoms with Gasteiger partial charge in [0.25, 0.3) is 5.56 Å². The molecule has 1 aliphatic carbocycles. The van der Waals surface area contributed by atoms with Crippen LogP contribution in [0.1, 0.15) is 37.6 Å². The molecule has 0 amide bonds. The van der Waals surface area contributed by atoms with Crippen molar-refractivity contribution in [1.29, 1.82) is 10.8 Å². The summed E-state index contributed by atoms with van der Waals surface area (Å²) >= 11 is 6.17.